The summed E-state index contributed by atoms with van der Waals surface area (Å²) in [4.78, 5) is 14.4. The van der Waals surface area contributed by atoms with Crippen LogP contribution < -0.4 is 5.32 Å². The first-order valence-corrected chi connectivity index (χ1v) is 6.07. The van der Waals surface area contributed by atoms with Crippen LogP contribution in [0.1, 0.15) is 37.8 Å². The Balaban J connectivity index is 2.03. The maximum Gasteiger partial charge on any atom is 0.303 e. The molecule has 4 nitrogen and oxygen atoms in total. The molecular weight excluding hydrogens is 216 g/mol. The predicted octanol–water partition coefficient (Wildman–Crippen LogP) is 2.84. The van der Waals surface area contributed by atoms with Gasteiger partial charge in [0.15, 0.2) is 0 Å². The number of pyridine rings is 1. The summed E-state index contributed by atoms with van der Waals surface area (Å²) < 4.78 is 0. The van der Waals surface area contributed by atoms with Crippen molar-refractivity contribution >= 4 is 11.7 Å². The van der Waals surface area contributed by atoms with Gasteiger partial charge in [-0.25, -0.2) is 0 Å². The van der Waals surface area contributed by atoms with E-state index in [9.17, 15) is 4.79 Å². The summed E-state index contributed by atoms with van der Waals surface area (Å²) in [7, 11) is 0. The molecule has 0 aliphatic heterocycles. The Hall–Kier alpha value is -1.58. The summed E-state index contributed by atoms with van der Waals surface area (Å²) in [6, 6.07) is 3.97. The third-order valence-corrected chi connectivity index (χ3v) is 2.54. The molecule has 4 heteroatoms. The van der Waals surface area contributed by atoms with Crippen molar-refractivity contribution in [3.8, 4) is 0 Å². The van der Waals surface area contributed by atoms with Crippen LogP contribution in [0.4, 0.5) is 5.69 Å². The average Bonchev–Trinajstić information content (AvgIpc) is 2.27. The number of unbranched alkanes of at least 4 members (excludes halogenated alkanes) is 3. The summed E-state index contributed by atoms with van der Waals surface area (Å²) in [6.45, 7) is 2.90. The number of nitrogens with zero attached hydrogens (tertiary/aromatic N) is 1. The molecule has 0 bridgehead atoms. The zero-order valence-electron chi connectivity index (χ0n) is 10.3. The van der Waals surface area contributed by atoms with Crippen LogP contribution in [-0.2, 0) is 4.79 Å². The zero-order chi connectivity index (χ0) is 12.5. The van der Waals surface area contributed by atoms with Crippen molar-refractivity contribution in [2.75, 3.05) is 11.9 Å². The SMILES string of the molecule is Cc1cc(NCCCCCCC(=O)O)ccn1. The fourth-order valence-electron chi connectivity index (χ4n) is 1.64. The normalized spacial score (nSPS) is 10.2. The molecule has 0 radical (unpaired) electrons. The number of nitrogens with one attached hydrogen (secondary N) is 1. The lowest BCUT2D eigenvalue weighted by Crippen LogP contribution is -2.02. The Bertz CT molecular complexity index is 353. The monoisotopic (exact) mass is 236 g/mol. The van der Waals surface area contributed by atoms with Crippen molar-refractivity contribution in [1.29, 1.82) is 0 Å². The van der Waals surface area contributed by atoms with Gasteiger partial charge in [-0.2, -0.15) is 0 Å². The molecule has 0 spiro atoms. The smallest absolute Gasteiger partial charge is 0.303 e. The van der Waals surface area contributed by atoms with Crippen LogP contribution >= 0.6 is 0 Å². The van der Waals surface area contributed by atoms with Crippen LogP contribution in [0.5, 0.6) is 0 Å². The molecule has 94 valence electrons. The molecule has 0 aliphatic carbocycles. The largest absolute Gasteiger partial charge is 0.481 e. The fraction of sp³-hybridized carbons (Fsp3) is 0.538. The number of aliphatic carboxylic acids is 1. The van der Waals surface area contributed by atoms with Gasteiger partial charge in [0.2, 0.25) is 0 Å². The van der Waals surface area contributed by atoms with Crippen molar-refractivity contribution < 1.29 is 9.90 Å². The summed E-state index contributed by atoms with van der Waals surface area (Å²) >= 11 is 0. The molecule has 2 N–H and O–H groups in total. The molecule has 0 aliphatic rings. The summed E-state index contributed by atoms with van der Waals surface area (Å²) in [5.74, 6) is -0.699. The van der Waals surface area contributed by atoms with E-state index < -0.39 is 5.97 Å². The number of aromatic nitrogens is 1. The van der Waals surface area contributed by atoms with Gasteiger partial charge in [0.25, 0.3) is 0 Å². The van der Waals surface area contributed by atoms with Crippen molar-refractivity contribution in [2.24, 2.45) is 0 Å². The third-order valence-electron chi connectivity index (χ3n) is 2.54. The standard InChI is InChI=1S/C13H20N2O2/c1-11-10-12(7-9-14-11)15-8-5-3-2-4-6-13(16)17/h7,9-10H,2-6,8H2,1H3,(H,14,15)(H,16,17). The Morgan fingerprint density at radius 2 is 2.12 bits per heavy atom. The minimum atomic E-state index is -0.699. The second-order valence-corrected chi connectivity index (χ2v) is 4.17. The highest BCUT2D eigenvalue weighted by Crippen LogP contribution is 2.08. The number of hydrogen-bond acceptors (Lipinski definition) is 3. The molecule has 0 saturated heterocycles. The van der Waals surface area contributed by atoms with Crippen molar-refractivity contribution in [2.45, 2.75) is 39.0 Å². The minimum Gasteiger partial charge on any atom is -0.481 e. The first-order chi connectivity index (χ1) is 8.18. The molecule has 0 aromatic carbocycles. The molecule has 1 aromatic rings. The van der Waals surface area contributed by atoms with Crippen molar-refractivity contribution in [3.05, 3.63) is 24.0 Å². The molecule has 0 fully saturated rings. The van der Waals surface area contributed by atoms with E-state index in [2.05, 4.69) is 10.3 Å². The number of carbonyl (C=O) groups is 1. The first-order valence-electron chi connectivity index (χ1n) is 6.07. The molecule has 17 heavy (non-hydrogen) atoms. The first kappa shape index (κ1) is 13.5. The van der Waals surface area contributed by atoms with Gasteiger partial charge >= 0.3 is 5.97 Å². The second-order valence-electron chi connectivity index (χ2n) is 4.17. The quantitative estimate of drug-likeness (QED) is 0.681. The van der Waals surface area contributed by atoms with E-state index >= 15 is 0 Å². The van der Waals surface area contributed by atoms with E-state index in [1.807, 2.05) is 19.1 Å². The summed E-state index contributed by atoms with van der Waals surface area (Å²) in [5.41, 5.74) is 2.11. The van der Waals surface area contributed by atoms with Crippen LogP contribution in [0, 0.1) is 6.92 Å². The molecular formula is C13H20N2O2. The second kappa shape index (κ2) is 7.65. The lowest BCUT2D eigenvalue weighted by Gasteiger charge is -2.06. The van der Waals surface area contributed by atoms with Crippen LogP contribution in [-0.4, -0.2) is 22.6 Å². The Labute approximate surface area is 102 Å². The molecule has 1 rings (SSSR count). The molecule has 0 unspecified atom stereocenters. The topological polar surface area (TPSA) is 62.2 Å². The number of rotatable bonds is 8. The van der Waals surface area contributed by atoms with Gasteiger partial charge < -0.3 is 10.4 Å². The number of anilines is 1. The molecule has 0 atom stereocenters. The van der Waals surface area contributed by atoms with E-state index in [1.165, 1.54) is 0 Å². The maximum atomic E-state index is 10.3. The maximum absolute atomic E-state index is 10.3. The number of carboxylic acid groups (broad SMARTS) is 1. The molecule has 1 aromatic heterocycles. The van der Waals surface area contributed by atoms with Crippen molar-refractivity contribution in [3.63, 3.8) is 0 Å². The lowest BCUT2D eigenvalue weighted by molar-refractivity contribution is -0.137. The predicted molar refractivity (Wildman–Crippen MR) is 68.2 cm³/mol. The van der Waals surface area contributed by atoms with Gasteiger partial charge in [-0.3, -0.25) is 9.78 Å². The van der Waals surface area contributed by atoms with Gasteiger partial charge in [-0.15, -0.1) is 0 Å². The summed E-state index contributed by atoms with van der Waals surface area (Å²) in [5, 5.41) is 11.8. The Kier molecular flexibility index (Phi) is 6.07. The van der Waals surface area contributed by atoms with Crippen LogP contribution in [0.3, 0.4) is 0 Å². The third kappa shape index (κ3) is 6.56. The van der Waals surface area contributed by atoms with Crippen LogP contribution in [0.25, 0.3) is 0 Å². The summed E-state index contributed by atoms with van der Waals surface area (Å²) in [6.07, 6.45) is 6.00. The van der Waals surface area contributed by atoms with Crippen LogP contribution in [0.2, 0.25) is 0 Å². The highest BCUT2D eigenvalue weighted by atomic mass is 16.4. The van der Waals surface area contributed by atoms with Crippen molar-refractivity contribution in [1.82, 2.24) is 4.98 Å². The van der Waals surface area contributed by atoms with Gasteiger partial charge in [-0.05, 0) is 31.9 Å². The number of aryl methyl sites for hydroxylation is 1. The van der Waals surface area contributed by atoms with Crippen LogP contribution in [0.15, 0.2) is 18.3 Å². The Morgan fingerprint density at radius 3 is 2.82 bits per heavy atom. The average molecular weight is 236 g/mol. The van der Waals surface area contributed by atoms with Gasteiger partial charge in [0.05, 0.1) is 0 Å². The minimum absolute atomic E-state index is 0.289. The molecule has 0 saturated carbocycles. The molecule has 0 amide bonds. The van der Waals surface area contributed by atoms with E-state index in [0.717, 1.165) is 43.6 Å². The Morgan fingerprint density at radius 1 is 1.35 bits per heavy atom. The van der Waals surface area contributed by atoms with Gasteiger partial charge in [0.1, 0.15) is 0 Å². The van der Waals surface area contributed by atoms with Gasteiger partial charge in [0, 0.05) is 30.5 Å². The van der Waals surface area contributed by atoms with E-state index in [0.29, 0.717) is 0 Å². The lowest BCUT2D eigenvalue weighted by atomic mass is 10.1. The van der Waals surface area contributed by atoms with E-state index in [1.54, 1.807) is 6.20 Å². The fourth-order valence-corrected chi connectivity index (χ4v) is 1.64. The van der Waals surface area contributed by atoms with E-state index in [4.69, 9.17) is 5.11 Å². The molecule has 1 heterocycles. The highest BCUT2D eigenvalue weighted by Gasteiger charge is 1.96. The number of hydrogen-bond donors (Lipinski definition) is 2. The highest BCUT2D eigenvalue weighted by molar-refractivity contribution is 5.66. The zero-order valence-corrected chi connectivity index (χ0v) is 10.3. The van der Waals surface area contributed by atoms with E-state index in [-0.39, 0.29) is 6.42 Å². The number of carboxylic acids is 1. The van der Waals surface area contributed by atoms with Gasteiger partial charge in [-0.1, -0.05) is 12.8 Å².